The van der Waals surface area contributed by atoms with Crippen LogP contribution in [0.3, 0.4) is 0 Å². The highest BCUT2D eigenvalue weighted by molar-refractivity contribution is 7.82. The van der Waals surface area contributed by atoms with Gasteiger partial charge in [0, 0.05) is 5.56 Å². The van der Waals surface area contributed by atoms with E-state index in [2.05, 4.69) is 12.5 Å². The lowest BCUT2D eigenvalue weighted by molar-refractivity contribution is 0.00374. The van der Waals surface area contributed by atoms with E-state index in [0.717, 1.165) is 36.4 Å². The molecule has 17 heteroatoms. The summed E-state index contributed by atoms with van der Waals surface area (Å²) in [7, 11) is -15.8. The third-order valence-corrected chi connectivity index (χ3v) is 5.05. The quantitative estimate of drug-likeness (QED) is 0.246. The third-order valence-electron chi connectivity index (χ3n) is 3.87. The van der Waals surface area contributed by atoms with Crippen LogP contribution in [0.4, 0.5) is 11.7 Å². The van der Waals surface area contributed by atoms with Crippen molar-refractivity contribution < 1.29 is 58.9 Å². The summed E-state index contributed by atoms with van der Waals surface area (Å²) in [5, 5.41) is 0. The van der Waals surface area contributed by atoms with E-state index in [9.17, 15) is 36.9 Å². The maximum Gasteiger partial charge on any atom is 0.488 e. The Bertz CT molecular complexity index is 1430. The molecular formula is C19H13F3O11S3. The molecule has 0 N–H and O–H groups in total. The molecule has 3 aromatic carbocycles. The van der Waals surface area contributed by atoms with Gasteiger partial charge in [0.2, 0.25) is 0 Å². The first-order chi connectivity index (χ1) is 16.7. The molecule has 0 spiro atoms. The maximum atomic E-state index is 12.7. The lowest BCUT2D eigenvalue weighted by Crippen LogP contribution is -2.15. The highest BCUT2D eigenvalue weighted by Gasteiger charge is 2.19. The van der Waals surface area contributed by atoms with E-state index < -0.39 is 37.8 Å². The minimum Gasteiger partial charge on any atom is -0.451 e. The van der Waals surface area contributed by atoms with Crippen LogP contribution in [0.25, 0.3) is 0 Å². The zero-order valence-electron chi connectivity index (χ0n) is 17.4. The van der Waals surface area contributed by atoms with Crippen molar-refractivity contribution in [3.8, 4) is 28.7 Å². The van der Waals surface area contributed by atoms with Crippen LogP contribution in [0.1, 0.15) is 11.9 Å². The summed E-state index contributed by atoms with van der Waals surface area (Å²) in [5.41, 5.74) is 0.233. The van der Waals surface area contributed by atoms with E-state index in [1.807, 2.05) is 0 Å². The highest BCUT2D eigenvalue weighted by atomic mass is 32.3. The predicted octanol–water partition coefficient (Wildman–Crippen LogP) is 3.62. The predicted molar refractivity (Wildman–Crippen MR) is 115 cm³/mol. The summed E-state index contributed by atoms with van der Waals surface area (Å²) >= 11 is 0. The fourth-order valence-electron chi connectivity index (χ4n) is 2.58. The molecule has 0 amide bonds. The van der Waals surface area contributed by atoms with Gasteiger partial charge in [-0.3, -0.25) is 0 Å². The Balaban J connectivity index is 1.85. The van der Waals surface area contributed by atoms with Crippen molar-refractivity contribution in [1.29, 1.82) is 0 Å². The molecule has 0 bridgehead atoms. The smallest absolute Gasteiger partial charge is 0.451 e. The molecule has 0 atom stereocenters. The minimum absolute atomic E-state index is 0.0683. The van der Waals surface area contributed by atoms with Crippen molar-refractivity contribution in [1.82, 2.24) is 0 Å². The normalized spacial score (nSPS) is 12.1. The molecule has 0 aliphatic heterocycles. The van der Waals surface area contributed by atoms with E-state index in [1.165, 1.54) is 36.4 Å². The molecule has 3 rings (SSSR count). The monoisotopic (exact) mass is 570 g/mol. The number of rotatable bonds is 11. The van der Waals surface area contributed by atoms with Gasteiger partial charge in [-0.25, -0.2) is 0 Å². The molecule has 0 aliphatic carbocycles. The second-order valence-corrected chi connectivity index (χ2v) is 9.37. The second kappa shape index (κ2) is 10.5. The summed E-state index contributed by atoms with van der Waals surface area (Å²) in [6, 6.07) is 13.9. The molecule has 0 saturated carbocycles. The molecular weight excluding hydrogens is 557 g/mol. The van der Waals surface area contributed by atoms with Crippen LogP contribution in [0.2, 0.25) is 0 Å². The molecule has 0 aromatic heterocycles. The summed E-state index contributed by atoms with van der Waals surface area (Å²) < 4.78 is 125. The fourth-order valence-corrected chi connectivity index (χ4v) is 3.60. The standard InChI is InChI=1S/C19H13F3O11S3/c20-34(23,24)31-16-3-1-13(2-4-16)19(29-14-5-9-17(10-6-14)32-35(21,25)26)30-15-7-11-18(12-8-15)33-36(22,27)28/h1-12,19H. The van der Waals surface area contributed by atoms with Crippen molar-refractivity contribution in [3.63, 3.8) is 0 Å². The number of halogens is 3. The van der Waals surface area contributed by atoms with Crippen LogP contribution >= 0.6 is 0 Å². The number of ether oxygens (including phenoxy) is 2. The van der Waals surface area contributed by atoms with Gasteiger partial charge in [-0.1, -0.05) is 11.7 Å². The molecule has 0 fully saturated rings. The van der Waals surface area contributed by atoms with Crippen molar-refractivity contribution in [3.05, 3.63) is 78.4 Å². The van der Waals surface area contributed by atoms with Gasteiger partial charge in [0.15, 0.2) is 0 Å². The summed E-state index contributed by atoms with van der Waals surface area (Å²) in [6.07, 6.45) is -1.30. The lowest BCUT2D eigenvalue weighted by atomic mass is 10.2. The average Bonchev–Trinajstić information content (AvgIpc) is 2.73. The van der Waals surface area contributed by atoms with Crippen LogP contribution in [-0.2, 0) is 31.5 Å². The van der Waals surface area contributed by atoms with Gasteiger partial charge in [0.05, 0.1) is 0 Å². The van der Waals surface area contributed by atoms with Gasteiger partial charge < -0.3 is 22.0 Å². The van der Waals surface area contributed by atoms with E-state index in [0.29, 0.717) is 0 Å². The largest absolute Gasteiger partial charge is 0.488 e. The first-order valence-corrected chi connectivity index (χ1v) is 13.1. The number of hydrogen-bond acceptors (Lipinski definition) is 11. The van der Waals surface area contributed by atoms with E-state index >= 15 is 0 Å². The van der Waals surface area contributed by atoms with Crippen LogP contribution in [0.5, 0.6) is 28.7 Å². The average molecular weight is 570 g/mol. The van der Waals surface area contributed by atoms with Crippen LogP contribution in [0, 0.1) is 0 Å². The summed E-state index contributed by atoms with van der Waals surface area (Å²) in [5.74, 6) is -0.926. The topological polar surface area (TPSA) is 149 Å². The van der Waals surface area contributed by atoms with Gasteiger partial charge in [-0.2, -0.15) is 25.3 Å². The van der Waals surface area contributed by atoms with Gasteiger partial charge in [-0.15, -0.1) is 0 Å². The zero-order valence-corrected chi connectivity index (χ0v) is 19.8. The molecule has 0 radical (unpaired) electrons. The van der Waals surface area contributed by atoms with Gasteiger partial charge in [0.25, 0.3) is 6.29 Å². The summed E-state index contributed by atoms with van der Waals surface area (Å²) in [4.78, 5) is 0. The van der Waals surface area contributed by atoms with E-state index in [4.69, 9.17) is 9.47 Å². The van der Waals surface area contributed by atoms with Crippen molar-refractivity contribution in [2.24, 2.45) is 0 Å². The number of benzene rings is 3. The van der Waals surface area contributed by atoms with Crippen molar-refractivity contribution >= 4 is 31.5 Å². The molecule has 0 unspecified atom stereocenters. The summed E-state index contributed by atoms with van der Waals surface area (Å²) in [6.45, 7) is 0. The first kappa shape index (κ1) is 26.9. The lowest BCUT2D eigenvalue weighted by Gasteiger charge is -2.21. The van der Waals surface area contributed by atoms with Crippen molar-refractivity contribution in [2.75, 3.05) is 0 Å². The van der Waals surface area contributed by atoms with Crippen LogP contribution < -0.4 is 22.0 Å². The fraction of sp³-hybridized carbons (Fsp3) is 0.0526. The van der Waals surface area contributed by atoms with Crippen LogP contribution in [0.15, 0.2) is 72.8 Å². The Kier molecular flexibility index (Phi) is 7.85. The zero-order chi connectivity index (χ0) is 26.6. The molecule has 0 heterocycles. The molecule has 194 valence electrons. The highest BCUT2D eigenvalue weighted by Crippen LogP contribution is 2.30. The van der Waals surface area contributed by atoms with E-state index in [1.54, 1.807) is 0 Å². The maximum absolute atomic E-state index is 12.7. The second-order valence-electron chi connectivity index (χ2n) is 6.51. The minimum atomic E-state index is -5.27. The molecule has 3 aromatic rings. The van der Waals surface area contributed by atoms with Crippen LogP contribution in [-0.4, -0.2) is 25.3 Å². The Morgan fingerprint density at radius 2 is 0.694 bits per heavy atom. The first-order valence-electron chi connectivity index (χ1n) is 9.21. The van der Waals surface area contributed by atoms with Crippen molar-refractivity contribution in [2.45, 2.75) is 6.29 Å². The Morgan fingerprint density at radius 1 is 0.444 bits per heavy atom. The molecule has 0 saturated heterocycles. The molecule has 0 aliphatic rings. The molecule has 11 nitrogen and oxygen atoms in total. The Hall–Kier alpha value is -3.70. The third kappa shape index (κ3) is 9.16. The van der Waals surface area contributed by atoms with Gasteiger partial charge in [-0.05, 0) is 72.8 Å². The van der Waals surface area contributed by atoms with Gasteiger partial charge >= 0.3 is 31.5 Å². The Labute approximate surface area is 203 Å². The van der Waals surface area contributed by atoms with Gasteiger partial charge in [0.1, 0.15) is 28.7 Å². The Morgan fingerprint density at radius 3 is 0.972 bits per heavy atom. The van der Waals surface area contributed by atoms with E-state index in [-0.39, 0.29) is 34.3 Å². The molecule has 36 heavy (non-hydrogen) atoms. The SMILES string of the molecule is O=S(=O)(F)Oc1ccc(OC(Oc2ccc(OS(=O)(=O)F)cc2)c2ccc(OS(=O)(=O)F)cc2)cc1. The number of hydrogen-bond donors (Lipinski definition) is 0.